The second kappa shape index (κ2) is 8.46. The molecule has 0 saturated carbocycles. The summed E-state index contributed by atoms with van der Waals surface area (Å²) >= 11 is 0. The highest BCUT2D eigenvalue weighted by atomic mass is 32.2. The van der Waals surface area contributed by atoms with Gasteiger partial charge >= 0.3 is 0 Å². The largest absolute Gasteiger partial charge is 0.379 e. The molecule has 164 valence electrons. The van der Waals surface area contributed by atoms with Crippen molar-refractivity contribution in [1.29, 1.82) is 0 Å². The number of aromatic nitrogens is 3. The van der Waals surface area contributed by atoms with Gasteiger partial charge in [-0.05, 0) is 35.9 Å². The van der Waals surface area contributed by atoms with Crippen LogP contribution in [0.5, 0.6) is 0 Å². The van der Waals surface area contributed by atoms with E-state index in [0.29, 0.717) is 10.7 Å². The Labute approximate surface area is 187 Å². The summed E-state index contributed by atoms with van der Waals surface area (Å²) in [4.78, 5) is 7.42. The lowest BCUT2D eigenvalue weighted by atomic mass is 10.1. The molecule has 1 aliphatic rings. The number of ether oxygens (including phenoxy) is 1. The van der Waals surface area contributed by atoms with Crippen LogP contribution in [0.25, 0.3) is 28.3 Å². The highest BCUT2D eigenvalue weighted by Crippen LogP contribution is 2.25. The molecule has 0 bridgehead atoms. The molecule has 1 aliphatic heterocycles. The van der Waals surface area contributed by atoms with Crippen molar-refractivity contribution >= 4 is 15.5 Å². The van der Waals surface area contributed by atoms with Gasteiger partial charge in [-0.25, -0.2) is 17.9 Å². The Morgan fingerprint density at radius 3 is 2.44 bits per heavy atom. The lowest BCUT2D eigenvalue weighted by Gasteiger charge is -2.26. The molecule has 3 heterocycles. The minimum atomic E-state index is -3.24. The van der Waals surface area contributed by atoms with Crippen LogP contribution in [0.2, 0.25) is 0 Å². The number of nitrogens with zero attached hydrogens (tertiary/aromatic N) is 4. The molecule has 0 unspecified atom stereocenters. The maximum atomic E-state index is 11.8. The van der Waals surface area contributed by atoms with Gasteiger partial charge in [0, 0.05) is 37.0 Å². The maximum absolute atomic E-state index is 11.8. The Kier molecular flexibility index (Phi) is 5.50. The van der Waals surface area contributed by atoms with Crippen LogP contribution in [0.4, 0.5) is 0 Å². The van der Waals surface area contributed by atoms with Crippen LogP contribution in [-0.2, 0) is 21.1 Å². The number of hydrogen-bond acceptors (Lipinski definition) is 6. The van der Waals surface area contributed by atoms with Gasteiger partial charge in [-0.1, -0.05) is 36.4 Å². The SMILES string of the molecule is CS(=O)(=O)c1ccc(-c2cccc3nc(-c4cccc(CN5CCOCC5)c4)nn23)cc1. The van der Waals surface area contributed by atoms with Crippen molar-refractivity contribution in [1.82, 2.24) is 19.5 Å². The van der Waals surface area contributed by atoms with E-state index in [0.717, 1.165) is 55.3 Å². The lowest BCUT2D eigenvalue weighted by molar-refractivity contribution is 0.0342. The first kappa shape index (κ1) is 20.8. The zero-order chi connectivity index (χ0) is 22.1. The predicted octanol–water partition coefficient (Wildman–Crippen LogP) is 3.30. The standard InChI is InChI=1S/C24H24N4O3S/c1-32(29,30)21-10-8-19(9-11-21)22-6-3-7-23-25-24(26-28(22)23)20-5-2-4-18(16-20)17-27-12-14-31-15-13-27/h2-11,16H,12-15,17H2,1H3. The summed E-state index contributed by atoms with van der Waals surface area (Å²) in [6.45, 7) is 4.32. The molecule has 1 fully saturated rings. The fraction of sp³-hybridized carbons (Fsp3) is 0.250. The van der Waals surface area contributed by atoms with Gasteiger partial charge < -0.3 is 4.74 Å². The number of hydrogen-bond donors (Lipinski definition) is 0. The molecule has 32 heavy (non-hydrogen) atoms. The van der Waals surface area contributed by atoms with E-state index >= 15 is 0 Å². The van der Waals surface area contributed by atoms with Gasteiger partial charge in [0.15, 0.2) is 21.3 Å². The Morgan fingerprint density at radius 2 is 1.69 bits per heavy atom. The summed E-state index contributed by atoms with van der Waals surface area (Å²) in [5.74, 6) is 0.661. The molecular weight excluding hydrogens is 424 g/mol. The first-order chi connectivity index (χ1) is 15.5. The second-order valence-electron chi connectivity index (χ2n) is 8.00. The average Bonchev–Trinajstić information content (AvgIpc) is 3.24. The molecule has 0 N–H and O–H groups in total. The van der Waals surface area contributed by atoms with Gasteiger partial charge in [0.05, 0.1) is 23.8 Å². The molecule has 2 aromatic heterocycles. The van der Waals surface area contributed by atoms with E-state index in [2.05, 4.69) is 17.0 Å². The van der Waals surface area contributed by atoms with E-state index in [1.807, 2.05) is 30.3 Å². The van der Waals surface area contributed by atoms with Gasteiger partial charge in [-0.3, -0.25) is 4.90 Å². The molecule has 8 heteroatoms. The number of pyridine rings is 1. The number of rotatable bonds is 5. The highest BCUT2D eigenvalue weighted by Gasteiger charge is 2.14. The molecule has 0 aliphatic carbocycles. The van der Waals surface area contributed by atoms with Crippen molar-refractivity contribution in [3.05, 3.63) is 72.3 Å². The van der Waals surface area contributed by atoms with Gasteiger partial charge in [0.1, 0.15) is 0 Å². The Morgan fingerprint density at radius 1 is 0.938 bits per heavy atom. The van der Waals surface area contributed by atoms with E-state index in [9.17, 15) is 8.42 Å². The molecule has 0 spiro atoms. The summed E-state index contributed by atoms with van der Waals surface area (Å²) < 4.78 is 30.8. The van der Waals surface area contributed by atoms with Crippen LogP contribution in [0.1, 0.15) is 5.56 Å². The summed E-state index contributed by atoms with van der Waals surface area (Å²) in [5, 5.41) is 4.77. The summed E-state index contributed by atoms with van der Waals surface area (Å²) in [6.07, 6.45) is 1.21. The molecule has 1 saturated heterocycles. The zero-order valence-corrected chi connectivity index (χ0v) is 18.6. The quantitative estimate of drug-likeness (QED) is 0.466. The molecule has 7 nitrogen and oxygen atoms in total. The third-order valence-corrected chi connectivity index (χ3v) is 6.76. The number of fused-ring (bicyclic) bond motifs is 1. The number of sulfone groups is 1. The maximum Gasteiger partial charge on any atom is 0.182 e. The predicted molar refractivity (Wildman–Crippen MR) is 123 cm³/mol. The molecular formula is C24H24N4O3S. The van der Waals surface area contributed by atoms with Crippen LogP contribution in [-0.4, -0.2) is 60.5 Å². The van der Waals surface area contributed by atoms with E-state index in [1.165, 1.54) is 11.8 Å². The molecule has 0 atom stereocenters. The van der Waals surface area contributed by atoms with Crippen molar-refractivity contribution < 1.29 is 13.2 Å². The number of benzene rings is 2. The Hall–Kier alpha value is -3.07. The third-order valence-electron chi connectivity index (χ3n) is 5.63. The summed E-state index contributed by atoms with van der Waals surface area (Å²) in [7, 11) is -3.24. The van der Waals surface area contributed by atoms with E-state index in [4.69, 9.17) is 14.8 Å². The van der Waals surface area contributed by atoms with Crippen molar-refractivity contribution in [2.75, 3.05) is 32.6 Å². The van der Waals surface area contributed by atoms with Gasteiger partial charge in [0.25, 0.3) is 0 Å². The summed E-state index contributed by atoms with van der Waals surface area (Å²) in [5.41, 5.74) is 4.66. The topological polar surface area (TPSA) is 76.8 Å². The second-order valence-corrected chi connectivity index (χ2v) is 10.0. The minimum absolute atomic E-state index is 0.296. The molecule has 4 aromatic rings. The van der Waals surface area contributed by atoms with Crippen molar-refractivity contribution in [3.63, 3.8) is 0 Å². The van der Waals surface area contributed by atoms with Crippen molar-refractivity contribution in [3.8, 4) is 22.6 Å². The molecule has 5 rings (SSSR count). The normalized spacial score (nSPS) is 15.3. The van der Waals surface area contributed by atoms with Crippen molar-refractivity contribution in [2.45, 2.75) is 11.4 Å². The van der Waals surface area contributed by atoms with Crippen LogP contribution >= 0.6 is 0 Å². The lowest BCUT2D eigenvalue weighted by Crippen LogP contribution is -2.35. The number of morpholine rings is 1. The van der Waals surface area contributed by atoms with E-state index < -0.39 is 9.84 Å². The van der Waals surface area contributed by atoms with Gasteiger partial charge in [-0.2, -0.15) is 0 Å². The van der Waals surface area contributed by atoms with Gasteiger partial charge in [0.2, 0.25) is 0 Å². The first-order valence-corrected chi connectivity index (χ1v) is 12.4. The average molecular weight is 449 g/mol. The molecule has 2 aromatic carbocycles. The third kappa shape index (κ3) is 4.29. The molecule has 0 amide bonds. The van der Waals surface area contributed by atoms with E-state index in [-0.39, 0.29) is 0 Å². The fourth-order valence-electron chi connectivity index (χ4n) is 3.95. The van der Waals surface area contributed by atoms with Gasteiger partial charge in [-0.15, -0.1) is 5.10 Å². The highest BCUT2D eigenvalue weighted by molar-refractivity contribution is 7.90. The van der Waals surface area contributed by atoms with Crippen molar-refractivity contribution in [2.24, 2.45) is 0 Å². The Bertz CT molecular complexity index is 1360. The van der Waals surface area contributed by atoms with Crippen LogP contribution < -0.4 is 0 Å². The smallest absolute Gasteiger partial charge is 0.182 e. The Balaban J connectivity index is 1.47. The van der Waals surface area contributed by atoms with Crippen LogP contribution in [0.3, 0.4) is 0 Å². The van der Waals surface area contributed by atoms with E-state index in [1.54, 1.807) is 28.8 Å². The van der Waals surface area contributed by atoms with Crippen LogP contribution in [0.15, 0.2) is 71.6 Å². The monoisotopic (exact) mass is 448 g/mol. The summed E-state index contributed by atoms with van der Waals surface area (Å²) in [6, 6.07) is 21.0. The molecule has 0 radical (unpaired) electrons. The first-order valence-electron chi connectivity index (χ1n) is 10.5. The zero-order valence-electron chi connectivity index (χ0n) is 17.8. The minimum Gasteiger partial charge on any atom is -0.379 e. The fourth-order valence-corrected chi connectivity index (χ4v) is 4.58. The van der Waals surface area contributed by atoms with Crippen LogP contribution in [0, 0.1) is 0 Å².